The number of carbonyl (C=O) groups excluding carboxylic acids is 1. The van der Waals surface area contributed by atoms with Gasteiger partial charge in [0.2, 0.25) is 0 Å². The molecule has 3 N–H and O–H groups in total. The predicted molar refractivity (Wildman–Crippen MR) is 129 cm³/mol. The van der Waals surface area contributed by atoms with Crippen LogP contribution < -0.4 is 10.8 Å². The molecule has 33 heavy (non-hydrogen) atoms. The molecule has 0 aromatic heterocycles. The lowest BCUT2D eigenvalue weighted by atomic mass is 9.98. The molecule has 0 atom stereocenters. The van der Waals surface area contributed by atoms with Crippen LogP contribution in [0.2, 0.25) is 0 Å². The highest BCUT2D eigenvalue weighted by molar-refractivity contribution is 9.11. The molecule has 0 saturated heterocycles. The van der Waals surface area contributed by atoms with E-state index in [9.17, 15) is 4.79 Å². The second-order valence-corrected chi connectivity index (χ2v) is 8.93. The van der Waals surface area contributed by atoms with Crippen LogP contribution in [-0.2, 0) is 16.1 Å². The summed E-state index contributed by atoms with van der Waals surface area (Å²) in [7, 11) is 0. The number of carbonyl (C=O) groups is 1. The van der Waals surface area contributed by atoms with Crippen molar-refractivity contribution in [3.63, 3.8) is 0 Å². The van der Waals surface area contributed by atoms with Crippen molar-refractivity contribution >= 4 is 28.1 Å². The standard InChI is InChI=1S/C24H29BrFN3O4/c1-5-12-32-29-22(25)21(15-28-31)27-14-16-10-11-18(20(26)13-16)17-8-6-7-9-19(17)23(30)33-24(2,3)4/h6-11,13,15,27,29,31H,5,12,14H2,1-4H3/b22-21-,28-15-. The first-order valence-corrected chi connectivity index (χ1v) is 11.3. The van der Waals surface area contributed by atoms with Gasteiger partial charge in [-0.15, -0.1) is 0 Å². The number of benzene rings is 2. The Morgan fingerprint density at radius 3 is 2.58 bits per heavy atom. The topological polar surface area (TPSA) is 92.2 Å². The van der Waals surface area contributed by atoms with Gasteiger partial charge in [-0.05, 0) is 66.4 Å². The summed E-state index contributed by atoms with van der Waals surface area (Å²) >= 11 is 3.31. The summed E-state index contributed by atoms with van der Waals surface area (Å²) in [6.07, 6.45) is 2.01. The zero-order valence-electron chi connectivity index (χ0n) is 19.1. The van der Waals surface area contributed by atoms with Crippen LogP contribution in [0.3, 0.4) is 0 Å². The van der Waals surface area contributed by atoms with Crippen LogP contribution in [0.5, 0.6) is 0 Å². The molecular formula is C24H29BrFN3O4. The maximum Gasteiger partial charge on any atom is 0.339 e. The number of nitrogens with one attached hydrogen (secondary N) is 2. The van der Waals surface area contributed by atoms with Gasteiger partial charge in [-0.25, -0.2) is 9.18 Å². The van der Waals surface area contributed by atoms with Gasteiger partial charge < -0.3 is 15.3 Å². The molecule has 0 saturated carbocycles. The number of nitrogens with zero attached hydrogens (tertiary/aromatic N) is 1. The average molecular weight is 522 g/mol. The third-order valence-corrected chi connectivity index (χ3v) is 4.83. The Bertz CT molecular complexity index is 1020. The Labute approximate surface area is 201 Å². The second-order valence-electron chi connectivity index (χ2n) is 8.14. The van der Waals surface area contributed by atoms with E-state index in [1.807, 2.05) is 6.92 Å². The van der Waals surface area contributed by atoms with Gasteiger partial charge in [0.15, 0.2) is 0 Å². The van der Waals surface area contributed by atoms with E-state index in [1.54, 1.807) is 57.2 Å². The predicted octanol–water partition coefficient (Wildman–Crippen LogP) is 5.49. The first-order valence-electron chi connectivity index (χ1n) is 10.5. The van der Waals surface area contributed by atoms with E-state index in [0.29, 0.717) is 39.2 Å². The van der Waals surface area contributed by atoms with E-state index >= 15 is 4.39 Å². The molecular weight excluding hydrogens is 493 g/mol. The number of hydrogen-bond donors (Lipinski definition) is 3. The van der Waals surface area contributed by atoms with Crippen molar-refractivity contribution in [2.24, 2.45) is 5.16 Å². The van der Waals surface area contributed by atoms with Crippen molar-refractivity contribution in [2.45, 2.75) is 46.3 Å². The van der Waals surface area contributed by atoms with Crippen LogP contribution in [0.15, 0.2) is 57.9 Å². The van der Waals surface area contributed by atoms with Crippen LogP contribution in [0.25, 0.3) is 11.1 Å². The Morgan fingerprint density at radius 1 is 1.21 bits per heavy atom. The monoisotopic (exact) mass is 521 g/mol. The van der Waals surface area contributed by atoms with Gasteiger partial charge in [0.1, 0.15) is 16.0 Å². The highest BCUT2D eigenvalue weighted by Crippen LogP contribution is 2.28. The molecule has 0 aliphatic heterocycles. The highest BCUT2D eigenvalue weighted by Gasteiger charge is 2.21. The molecule has 0 unspecified atom stereocenters. The first kappa shape index (κ1) is 26.3. The Hall–Kier alpha value is -2.91. The zero-order chi connectivity index (χ0) is 24.4. The molecule has 2 aromatic carbocycles. The van der Waals surface area contributed by atoms with Crippen molar-refractivity contribution in [1.82, 2.24) is 10.8 Å². The van der Waals surface area contributed by atoms with Crippen molar-refractivity contribution in [3.8, 4) is 11.1 Å². The molecule has 0 bridgehead atoms. The van der Waals surface area contributed by atoms with E-state index < -0.39 is 17.4 Å². The number of ether oxygens (including phenoxy) is 1. The summed E-state index contributed by atoms with van der Waals surface area (Å²) < 4.78 is 20.9. The molecule has 9 heteroatoms. The summed E-state index contributed by atoms with van der Waals surface area (Å²) in [6.45, 7) is 8.06. The zero-order valence-corrected chi connectivity index (χ0v) is 20.7. The minimum atomic E-state index is -0.661. The van der Waals surface area contributed by atoms with Gasteiger partial charge in [0.05, 0.1) is 24.1 Å². The third kappa shape index (κ3) is 8.18. The van der Waals surface area contributed by atoms with Gasteiger partial charge in [-0.3, -0.25) is 10.3 Å². The van der Waals surface area contributed by atoms with E-state index in [1.165, 1.54) is 12.3 Å². The molecule has 0 aliphatic rings. The Kier molecular flexibility index (Phi) is 9.87. The van der Waals surface area contributed by atoms with Crippen molar-refractivity contribution in [2.75, 3.05) is 6.61 Å². The molecule has 178 valence electrons. The molecule has 2 rings (SSSR count). The molecule has 0 spiro atoms. The number of hydroxylamine groups is 1. The second kappa shape index (κ2) is 12.4. The van der Waals surface area contributed by atoms with E-state index in [0.717, 1.165) is 6.42 Å². The minimum Gasteiger partial charge on any atom is -0.456 e. The fraction of sp³-hybridized carbons (Fsp3) is 0.333. The number of oxime groups is 1. The van der Waals surface area contributed by atoms with Crippen molar-refractivity contribution in [1.29, 1.82) is 0 Å². The fourth-order valence-corrected chi connectivity index (χ4v) is 3.18. The lowest BCUT2D eigenvalue weighted by Crippen LogP contribution is -2.24. The van der Waals surface area contributed by atoms with Gasteiger partial charge >= 0.3 is 5.97 Å². The highest BCUT2D eigenvalue weighted by atomic mass is 79.9. The van der Waals surface area contributed by atoms with Crippen LogP contribution in [0.4, 0.5) is 4.39 Å². The first-order chi connectivity index (χ1) is 15.7. The summed E-state index contributed by atoms with van der Waals surface area (Å²) in [5.74, 6) is -0.987. The minimum absolute atomic E-state index is 0.247. The molecule has 0 heterocycles. The van der Waals surface area contributed by atoms with Crippen LogP contribution in [0, 0.1) is 5.82 Å². The maximum absolute atomic E-state index is 15.1. The molecule has 0 aliphatic carbocycles. The van der Waals surface area contributed by atoms with Crippen molar-refractivity contribution in [3.05, 3.63) is 69.7 Å². The summed E-state index contributed by atoms with van der Waals surface area (Å²) in [6, 6.07) is 11.5. The smallest absolute Gasteiger partial charge is 0.339 e. The third-order valence-electron chi connectivity index (χ3n) is 4.24. The lowest BCUT2D eigenvalue weighted by molar-refractivity contribution is 0.00704. The van der Waals surface area contributed by atoms with Gasteiger partial charge in [-0.2, -0.15) is 0 Å². The van der Waals surface area contributed by atoms with E-state index in [4.69, 9.17) is 14.8 Å². The fourth-order valence-electron chi connectivity index (χ4n) is 2.82. The van der Waals surface area contributed by atoms with Crippen molar-refractivity contribution < 1.29 is 24.0 Å². The Balaban J connectivity index is 2.22. The van der Waals surface area contributed by atoms with E-state index in [-0.39, 0.29) is 6.54 Å². The van der Waals surface area contributed by atoms with Crippen LogP contribution >= 0.6 is 15.9 Å². The maximum atomic E-state index is 15.1. The normalized spacial score (nSPS) is 12.4. The molecule has 0 fully saturated rings. The quantitative estimate of drug-likeness (QED) is 0.0955. The summed E-state index contributed by atoms with van der Waals surface area (Å²) in [5.41, 5.74) is 4.13. The molecule has 0 radical (unpaired) electrons. The average Bonchev–Trinajstić information content (AvgIpc) is 2.75. The number of rotatable bonds is 10. The summed E-state index contributed by atoms with van der Waals surface area (Å²) in [5, 5.41) is 15.0. The number of esters is 1. The van der Waals surface area contributed by atoms with Gasteiger partial charge in [0.25, 0.3) is 0 Å². The lowest BCUT2D eigenvalue weighted by Gasteiger charge is -2.20. The van der Waals surface area contributed by atoms with Crippen LogP contribution in [-0.4, -0.2) is 29.6 Å². The number of halogens is 2. The Morgan fingerprint density at radius 2 is 1.94 bits per heavy atom. The SMILES string of the molecule is CCCON/C(Br)=C(/C=N\O)NCc1ccc(-c2ccccc2C(=O)OC(C)(C)C)c(F)c1. The van der Waals surface area contributed by atoms with Crippen LogP contribution in [0.1, 0.15) is 50.0 Å². The molecule has 2 aromatic rings. The number of hydrogen-bond acceptors (Lipinski definition) is 7. The summed E-state index contributed by atoms with van der Waals surface area (Å²) in [4.78, 5) is 17.8. The van der Waals surface area contributed by atoms with Gasteiger partial charge in [-0.1, -0.05) is 42.4 Å². The molecule has 7 nitrogen and oxygen atoms in total. The largest absolute Gasteiger partial charge is 0.456 e. The van der Waals surface area contributed by atoms with Gasteiger partial charge in [0, 0.05) is 12.1 Å². The molecule has 0 amide bonds. The van der Waals surface area contributed by atoms with E-state index in [2.05, 4.69) is 31.9 Å². The number of allylic oxidation sites excluding steroid dienone is 1.